The molecule has 1 heterocycles. The van der Waals surface area contributed by atoms with Crippen molar-refractivity contribution in [1.29, 1.82) is 0 Å². The molecular formula is C15H23N3O3. The van der Waals surface area contributed by atoms with E-state index in [2.05, 4.69) is 15.6 Å². The Morgan fingerprint density at radius 3 is 2.67 bits per heavy atom. The van der Waals surface area contributed by atoms with Crippen LogP contribution in [-0.2, 0) is 16.1 Å². The summed E-state index contributed by atoms with van der Waals surface area (Å²) in [5.74, 6) is 0.0850. The summed E-state index contributed by atoms with van der Waals surface area (Å²) in [6.45, 7) is 7.87. The second-order valence-corrected chi connectivity index (χ2v) is 5.04. The molecule has 0 bridgehead atoms. The van der Waals surface area contributed by atoms with Gasteiger partial charge in [-0.05, 0) is 18.9 Å². The molecule has 2 amide bonds. The molecule has 0 spiro atoms. The zero-order valence-corrected chi connectivity index (χ0v) is 13.0. The van der Waals surface area contributed by atoms with Gasteiger partial charge in [0, 0.05) is 25.2 Å². The molecule has 1 unspecified atom stereocenters. The van der Waals surface area contributed by atoms with Crippen molar-refractivity contribution >= 4 is 11.8 Å². The van der Waals surface area contributed by atoms with Crippen molar-refractivity contribution < 1.29 is 14.3 Å². The average molecular weight is 293 g/mol. The first kappa shape index (κ1) is 16.9. The predicted molar refractivity (Wildman–Crippen MR) is 79.7 cm³/mol. The van der Waals surface area contributed by atoms with E-state index in [1.807, 2.05) is 26.8 Å². The van der Waals surface area contributed by atoms with Gasteiger partial charge in [0.1, 0.15) is 6.04 Å². The smallest absolute Gasteiger partial charge is 0.243 e. The van der Waals surface area contributed by atoms with E-state index < -0.39 is 6.04 Å². The van der Waals surface area contributed by atoms with E-state index in [4.69, 9.17) is 4.74 Å². The Bertz CT molecular complexity index is 489. The number of amides is 2. The molecule has 0 radical (unpaired) electrons. The molecule has 21 heavy (non-hydrogen) atoms. The third kappa shape index (κ3) is 5.41. The summed E-state index contributed by atoms with van der Waals surface area (Å²) in [5.41, 5.74) is 0.804. The number of ether oxygens (including phenoxy) is 1. The Labute approximate surface area is 125 Å². The zero-order valence-electron chi connectivity index (χ0n) is 13.0. The second-order valence-electron chi connectivity index (χ2n) is 5.04. The lowest BCUT2D eigenvalue weighted by atomic mass is 10.0. The molecule has 0 aliphatic carbocycles. The molecular weight excluding hydrogens is 270 g/mol. The number of nitrogens with zero attached hydrogens (tertiary/aromatic N) is 1. The van der Waals surface area contributed by atoms with Gasteiger partial charge >= 0.3 is 0 Å². The Hall–Kier alpha value is -2.11. The summed E-state index contributed by atoms with van der Waals surface area (Å²) in [5, 5.41) is 5.47. The number of rotatable bonds is 7. The van der Waals surface area contributed by atoms with Crippen molar-refractivity contribution in [2.45, 2.75) is 40.3 Å². The van der Waals surface area contributed by atoms with Gasteiger partial charge in [-0.2, -0.15) is 0 Å². The minimum atomic E-state index is -0.547. The van der Waals surface area contributed by atoms with Crippen molar-refractivity contribution in [3.8, 4) is 5.88 Å². The van der Waals surface area contributed by atoms with Gasteiger partial charge < -0.3 is 15.4 Å². The Morgan fingerprint density at radius 1 is 1.38 bits per heavy atom. The highest BCUT2D eigenvalue weighted by Gasteiger charge is 2.22. The molecule has 0 fully saturated rings. The molecule has 2 N–H and O–H groups in total. The fourth-order valence-corrected chi connectivity index (χ4v) is 1.87. The van der Waals surface area contributed by atoms with Gasteiger partial charge in [0.05, 0.1) is 6.61 Å². The minimum Gasteiger partial charge on any atom is -0.478 e. The molecule has 0 aliphatic heterocycles. The molecule has 1 rings (SSSR count). The van der Waals surface area contributed by atoms with E-state index in [0.717, 1.165) is 5.56 Å². The van der Waals surface area contributed by atoms with E-state index in [1.165, 1.54) is 6.92 Å². The van der Waals surface area contributed by atoms with Crippen molar-refractivity contribution in [2.75, 3.05) is 6.61 Å². The van der Waals surface area contributed by atoms with Gasteiger partial charge in [0.15, 0.2) is 0 Å². The number of pyridine rings is 1. The van der Waals surface area contributed by atoms with E-state index in [0.29, 0.717) is 19.0 Å². The van der Waals surface area contributed by atoms with Crippen LogP contribution in [0.4, 0.5) is 0 Å². The second kappa shape index (κ2) is 8.24. The lowest BCUT2D eigenvalue weighted by molar-refractivity contribution is -0.129. The Morgan fingerprint density at radius 2 is 2.10 bits per heavy atom. The quantitative estimate of drug-likeness (QED) is 0.793. The monoisotopic (exact) mass is 293 g/mol. The molecule has 6 nitrogen and oxygen atoms in total. The fourth-order valence-electron chi connectivity index (χ4n) is 1.87. The normalized spacial score (nSPS) is 11.9. The topological polar surface area (TPSA) is 80.3 Å². The van der Waals surface area contributed by atoms with Crippen LogP contribution in [0.5, 0.6) is 5.88 Å². The summed E-state index contributed by atoms with van der Waals surface area (Å²) < 4.78 is 5.41. The van der Waals surface area contributed by atoms with Gasteiger partial charge in [-0.1, -0.05) is 19.9 Å². The molecule has 116 valence electrons. The number of carbonyl (C=O) groups is 2. The first-order valence-electron chi connectivity index (χ1n) is 7.07. The van der Waals surface area contributed by atoms with Gasteiger partial charge in [-0.25, -0.2) is 4.98 Å². The van der Waals surface area contributed by atoms with Crippen LogP contribution in [0, 0.1) is 5.92 Å². The van der Waals surface area contributed by atoms with Crippen LogP contribution in [0.1, 0.15) is 33.3 Å². The maximum atomic E-state index is 12.2. The van der Waals surface area contributed by atoms with Crippen LogP contribution in [0.3, 0.4) is 0 Å². The average Bonchev–Trinajstić information content (AvgIpc) is 2.43. The Kier molecular flexibility index (Phi) is 6.65. The summed E-state index contributed by atoms with van der Waals surface area (Å²) in [6, 6.07) is 3.09. The lowest BCUT2D eigenvalue weighted by Gasteiger charge is -2.21. The number of hydrogen-bond acceptors (Lipinski definition) is 4. The van der Waals surface area contributed by atoms with Gasteiger partial charge in [0.2, 0.25) is 17.7 Å². The molecule has 6 heteroatoms. The van der Waals surface area contributed by atoms with E-state index in [1.54, 1.807) is 12.3 Å². The molecule has 0 aliphatic rings. The lowest BCUT2D eigenvalue weighted by Crippen LogP contribution is -2.48. The zero-order chi connectivity index (χ0) is 15.8. The summed E-state index contributed by atoms with van der Waals surface area (Å²) >= 11 is 0. The van der Waals surface area contributed by atoms with E-state index in [9.17, 15) is 9.59 Å². The first-order chi connectivity index (χ1) is 9.95. The van der Waals surface area contributed by atoms with Gasteiger partial charge in [-0.3, -0.25) is 9.59 Å². The summed E-state index contributed by atoms with van der Waals surface area (Å²) in [4.78, 5) is 27.5. The Balaban J connectivity index is 2.68. The van der Waals surface area contributed by atoms with Gasteiger partial charge in [-0.15, -0.1) is 0 Å². The van der Waals surface area contributed by atoms with Gasteiger partial charge in [0.25, 0.3) is 0 Å². The molecule has 0 saturated carbocycles. The number of hydrogen-bond donors (Lipinski definition) is 2. The minimum absolute atomic E-state index is 0.00848. The van der Waals surface area contributed by atoms with Crippen LogP contribution in [0.2, 0.25) is 0 Å². The maximum absolute atomic E-state index is 12.2. The SMILES string of the molecule is CCOc1ncccc1CNC(=O)C(NC(C)=O)C(C)C. The standard InChI is InChI=1S/C15H23N3O3/c1-5-21-15-12(7-6-8-16-15)9-17-14(20)13(10(2)3)18-11(4)19/h6-8,10,13H,5,9H2,1-4H3,(H,17,20)(H,18,19). The van der Waals surface area contributed by atoms with Crippen LogP contribution in [-0.4, -0.2) is 29.4 Å². The van der Waals surface area contributed by atoms with Crippen molar-refractivity contribution in [3.05, 3.63) is 23.9 Å². The van der Waals surface area contributed by atoms with Crippen LogP contribution in [0.15, 0.2) is 18.3 Å². The number of aromatic nitrogens is 1. The number of nitrogens with one attached hydrogen (secondary N) is 2. The fraction of sp³-hybridized carbons (Fsp3) is 0.533. The van der Waals surface area contributed by atoms with Crippen LogP contribution < -0.4 is 15.4 Å². The van der Waals surface area contributed by atoms with E-state index in [-0.39, 0.29) is 17.7 Å². The van der Waals surface area contributed by atoms with Crippen molar-refractivity contribution in [3.63, 3.8) is 0 Å². The molecule has 0 saturated heterocycles. The molecule has 1 aromatic heterocycles. The highest BCUT2D eigenvalue weighted by molar-refractivity contribution is 5.87. The van der Waals surface area contributed by atoms with Crippen molar-refractivity contribution in [2.24, 2.45) is 5.92 Å². The highest BCUT2D eigenvalue weighted by atomic mass is 16.5. The summed E-state index contributed by atoms with van der Waals surface area (Å²) in [6.07, 6.45) is 1.64. The highest BCUT2D eigenvalue weighted by Crippen LogP contribution is 2.14. The predicted octanol–water partition coefficient (Wildman–Crippen LogP) is 1.26. The maximum Gasteiger partial charge on any atom is 0.243 e. The third-order valence-electron chi connectivity index (χ3n) is 2.89. The molecule has 1 aromatic rings. The first-order valence-corrected chi connectivity index (χ1v) is 7.07. The van der Waals surface area contributed by atoms with E-state index >= 15 is 0 Å². The summed E-state index contributed by atoms with van der Waals surface area (Å²) in [7, 11) is 0. The largest absolute Gasteiger partial charge is 0.478 e. The van der Waals surface area contributed by atoms with Crippen LogP contribution >= 0.6 is 0 Å². The van der Waals surface area contributed by atoms with Crippen molar-refractivity contribution in [1.82, 2.24) is 15.6 Å². The molecule has 1 atom stereocenters. The number of carbonyl (C=O) groups excluding carboxylic acids is 2. The third-order valence-corrected chi connectivity index (χ3v) is 2.89. The molecule has 0 aromatic carbocycles. The van der Waals surface area contributed by atoms with Crippen LogP contribution in [0.25, 0.3) is 0 Å².